The molecule has 3 aromatic heterocycles. The van der Waals surface area contributed by atoms with Gasteiger partial charge in [0.05, 0.1) is 5.69 Å². The first-order valence-electron chi connectivity index (χ1n) is 8.13. The van der Waals surface area contributed by atoms with Gasteiger partial charge in [-0.25, -0.2) is 14.5 Å². The number of aryl methyl sites for hydroxylation is 3. The van der Waals surface area contributed by atoms with Crippen LogP contribution in [0.4, 0.5) is 5.13 Å². The van der Waals surface area contributed by atoms with Gasteiger partial charge in [0.25, 0.3) is 5.91 Å². The Morgan fingerprint density at radius 3 is 3.00 bits per heavy atom. The van der Waals surface area contributed by atoms with Crippen molar-refractivity contribution in [3.63, 3.8) is 0 Å². The number of carbonyl (C=O) groups is 1. The van der Waals surface area contributed by atoms with E-state index in [1.807, 2.05) is 19.9 Å². The summed E-state index contributed by atoms with van der Waals surface area (Å²) < 4.78 is 1.69. The van der Waals surface area contributed by atoms with Crippen LogP contribution in [0.25, 0.3) is 5.65 Å². The van der Waals surface area contributed by atoms with Gasteiger partial charge in [-0.05, 0) is 45.1 Å². The molecule has 0 radical (unpaired) electrons. The number of fused-ring (bicyclic) bond motifs is 2. The SMILES string of the molecule is Cc1cc(C)n2nc(C(=O)Nc3nc4c(s3)C[C@H](C)CC4)cc2n1. The number of carbonyl (C=O) groups excluding carboxylic acids is 1. The summed E-state index contributed by atoms with van der Waals surface area (Å²) in [6, 6.07) is 3.66. The summed E-state index contributed by atoms with van der Waals surface area (Å²) >= 11 is 1.58. The van der Waals surface area contributed by atoms with Crippen LogP contribution < -0.4 is 5.32 Å². The largest absolute Gasteiger partial charge is 0.296 e. The molecule has 24 heavy (non-hydrogen) atoms. The molecule has 7 heteroatoms. The summed E-state index contributed by atoms with van der Waals surface area (Å²) in [6.45, 7) is 6.14. The van der Waals surface area contributed by atoms with E-state index in [0.29, 0.717) is 22.4 Å². The van der Waals surface area contributed by atoms with Crippen LogP contribution in [0.5, 0.6) is 0 Å². The van der Waals surface area contributed by atoms with Crippen molar-refractivity contribution in [1.29, 1.82) is 0 Å². The Morgan fingerprint density at radius 1 is 1.33 bits per heavy atom. The zero-order valence-electron chi connectivity index (χ0n) is 14.0. The van der Waals surface area contributed by atoms with Gasteiger partial charge in [-0.15, -0.1) is 11.3 Å². The predicted octanol–water partition coefficient (Wildman–Crippen LogP) is 3.18. The molecule has 3 heterocycles. The molecule has 0 spiro atoms. The van der Waals surface area contributed by atoms with Gasteiger partial charge in [0.1, 0.15) is 0 Å². The summed E-state index contributed by atoms with van der Waals surface area (Å²) in [4.78, 5) is 22.8. The summed E-state index contributed by atoms with van der Waals surface area (Å²) in [6.07, 6.45) is 3.22. The van der Waals surface area contributed by atoms with Gasteiger partial charge in [0.2, 0.25) is 0 Å². The predicted molar refractivity (Wildman–Crippen MR) is 93.7 cm³/mol. The second-order valence-electron chi connectivity index (χ2n) is 6.53. The first kappa shape index (κ1) is 15.3. The first-order chi connectivity index (χ1) is 11.5. The van der Waals surface area contributed by atoms with Gasteiger partial charge in [0.15, 0.2) is 16.5 Å². The van der Waals surface area contributed by atoms with Crippen molar-refractivity contribution in [2.75, 3.05) is 5.32 Å². The molecule has 0 saturated heterocycles. The van der Waals surface area contributed by atoms with Crippen LogP contribution >= 0.6 is 11.3 Å². The molecule has 0 aromatic carbocycles. The quantitative estimate of drug-likeness (QED) is 0.777. The van der Waals surface area contributed by atoms with Gasteiger partial charge in [-0.3, -0.25) is 10.1 Å². The second-order valence-corrected chi connectivity index (χ2v) is 7.61. The van der Waals surface area contributed by atoms with Gasteiger partial charge in [-0.1, -0.05) is 6.92 Å². The molecular weight excluding hydrogens is 322 g/mol. The van der Waals surface area contributed by atoms with E-state index >= 15 is 0 Å². The molecule has 3 aromatic rings. The average Bonchev–Trinajstić information content (AvgIpc) is 3.10. The Bertz CT molecular complexity index is 942. The maximum Gasteiger partial charge on any atom is 0.278 e. The van der Waals surface area contributed by atoms with Gasteiger partial charge in [-0.2, -0.15) is 5.10 Å². The van der Waals surface area contributed by atoms with Crippen LogP contribution in [0.1, 0.15) is 45.8 Å². The Hall–Kier alpha value is -2.28. The summed E-state index contributed by atoms with van der Waals surface area (Å²) in [5.41, 5.74) is 4.04. The van der Waals surface area contributed by atoms with E-state index < -0.39 is 0 Å². The van der Waals surface area contributed by atoms with E-state index in [1.165, 1.54) is 11.3 Å². The Morgan fingerprint density at radius 2 is 2.17 bits per heavy atom. The first-order valence-corrected chi connectivity index (χ1v) is 8.95. The summed E-state index contributed by atoms with van der Waals surface area (Å²) in [5.74, 6) is 0.453. The van der Waals surface area contributed by atoms with Crippen molar-refractivity contribution >= 4 is 28.0 Å². The third-order valence-corrected chi connectivity index (χ3v) is 5.41. The Kier molecular flexibility index (Phi) is 3.60. The van der Waals surface area contributed by atoms with Crippen LogP contribution in [0, 0.1) is 19.8 Å². The monoisotopic (exact) mass is 341 g/mol. The number of nitrogens with zero attached hydrogens (tertiary/aromatic N) is 4. The zero-order chi connectivity index (χ0) is 16.8. The minimum Gasteiger partial charge on any atom is -0.296 e. The van der Waals surface area contributed by atoms with E-state index in [4.69, 9.17) is 0 Å². The molecule has 1 atom stereocenters. The number of hydrogen-bond donors (Lipinski definition) is 1. The molecule has 0 saturated carbocycles. The standard InChI is InChI=1S/C17H19N5OS/c1-9-4-5-12-14(6-9)24-17(19-12)20-16(23)13-8-15-18-10(2)7-11(3)22(15)21-13/h7-9H,4-6H2,1-3H3,(H,19,20,23)/t9-/m1/s1. The number of anilines is 1. The van der Waals surface area contributed by atoms with E-state index in [1.54, 1.807) is 21.9 Å². The maximum atomic E-state index is 12.5. The second kappa shape index (κ2) is 5.66. The lowest BCUT2D eigenvalue weighted by Crippen LogP contribution is -2.13. The lowest BCUT2D eigenvalue weighted by Gasteiger charge is -2.15. The highest BCUT2D eigenvalue weighted by Crippen LogP contribution is 2.32. The van der Waals surface area contributed by atoms with Crippen molar-refractivity contribution in [2.45, 2.75) is 40.0 Å². The summed E-state index contributed by atoms with van der Waals surface area (Å²) in [5, 5.41) is 7.92. The van der Waals surface area contributed by atoms with Crippen LogP contribution in [0.15, 0.2) is 12.1 Å². The van der Waals surface area contributed by atoms with Crippen LogP contribution in [-0.2, 0) is 12.8 Å². The number of nitrogens with one attached hydrogen (secondary N) is 1. The average molecular weight is 341 g/mol. The lowest BCUT2D eigenvalue weighted by molar-refractivity contribution is 0.102. The number of hydrogen-bond acceptors (Lipinski definition) is 5. The molecule has 1 N–H and O–H groups in total. The molecule has 0 bridgehead atoms. The van der Waals surface area contributed by atoms with Crippen molar-refractivity contribution < 1.29 is 4.79 Å². The highest BCUT2D eigenvalue weighted by Gasteiger charge is 2.21. The Labute approximate surface area is 143 Å². The molecule has 4 rings (SSSR count). The highest BCUT2D eigenvalue weighted by molar-refractivity contribution is 7.15. The molecule has 124 valence electrons. The van der Waals surface area contributed by atoms with Crippen LogP contribution in [0.2, 0.25) is 0 Å². The fourth-order valence-electron chi connectivity index (χ4n) is 3.15. The normalized spacial score (nSPS) is 17.0. The third kappa shape index (κ3) is 2.69. The van der Waals surface area contributed by atoms with Crippen LogP contribution in [0.3, 0.4) is 0 Å². The molecule has 1 aliphatic rings. The molecule has 0 unspecified atom stereocenters. The maximum absolute atomic E-state index is 12.5. The van der Waals surface area contributed by atoms with Crippen molar-refractivity contribution in [3.8, 4) is 0 Å². The molecular formula is C17H19N5OS. The zero-order valence-corrected chi connectivity index (χ0v) is 14.8. The fraction of sp³-hybridized carbons (Fsp3) is 0.412. The van der Waals surface area contributed by atoms with Crippen LogP contribution in [-0.4, -0.2) is 25.5 Å². The Balaban J connectivity index is 1.59. The molecule has 1 amide bonds. The molecule has 1 aliphatic carbocycles. The van der Waals surface area contributed by atoms with Crippen molar-refractivity contribution in [2.24, 2.45) is 5.92 Å². The van der Waals surface area contributed by atoms with Crippen molar-refractivity contribution in [1.82, 2.24) is 19.6 Å². The van der Waals surface area contributed by atoms with E-state index in [-0.39, 0.29) is 5.91 Å². The van der Waals surface area contributed by atoms with E-state index in [9.17, 15) is 4.79 Å². The lowest BCUT2D eigenvalue weighted by atomic mass is 9.93. The number of amides is 1. The minimum atomic E-state index is -0.239. The third-order valence-electron chi connectivity index (χ3n) is 4.37. The number of thiazole rings is 1. The smallest absolute Gasteiger partial charge is 0.278 e. The van der Waals surface area contributed by atoms with Crippen molar-refractivity contribution in [3.05, 3.63) is 39.8 Å². The van der Waals surface area contributed by atoms with E-state index in [0.717, 1.165) is 29.9 Å². The van der Waals surface area contributed by atoms with E-state index in [2.05, 4.69) is 27.3 Å². The van der Waals surface area contributed by atoms with Gasteiger partial charge < -0.3 is 0 Å². The number of aromatic nitrogens is 4. The summed E-state index contributed by atoms with van der Waals surface area (Å²) in [7, 11) is 0. The minimum absolute atomic E-state index is 0.239. The topological polar surface area (TPSA) is 72.2 Å². The number of rotatable bonds is 2. The van der Waals surface area contributed by atoms with Gasteiger partial charge in [0, 0.05) is 22.3 Å². The molecule has 0 aliphatic heterocycles. The molecule has 6 nitrogen and oxygen atoms in total. The van der Waals surface area contributed by atoms with Gasteiger partial charge >= 0.3 is 0 Å². The fourth-order valence-corrected chi connectivity index (χ4v) is 4.32. The highest BCUT2D eigenvalue weighted by atomic mass is 32.1. The molecule has 0 fully saturated rings.